The first kappa shape index (κ1) is 28.4. The van der Waals surface area contributed by atoms with Gasteiger partial charge in [0.1, 0.15) is 5.82 Å². The van der Waals surface area contributed by atoms with Gasteiger partial charge in [-0.1, -0.05) is 158 Å². The van der Waals surface area contributed by atoms with E-state index < -0.39 is 36.3 Å². The summed E-state index contributed by atoms with van der Waals surface area (Å²) >= 11 is 1.74. The van der Waals surface area contributed by atoms with Crippen molar-refractivity contribution in [2.24, 2.45) is 0 Å². The SMILES string of the molecule is [2H]c1c([2H])c([2H])c2c(c1[2H])c1c([2H])c([2H])c([2H])c([2H])c1n2-c1cc(-c2c(-c3cccc4c3sc3ccccc34)cccc2-n2c3ccccc3c3ccccc32)nc(-n2c3ccccc3c3ccccc32)c1. The van der Waals surface area contributed by atoms with Gasteiger partial charge < -0.3 is 9.13 Å². The molecule has 0 spiro atoms. The quantitative estimate of drug-likeness (QED) is 0.170. The van der Waals surface area contributed by atoms with E-state index >= 15 is 0 Å². The zero-order chi connectivity index (χ0) is 48.8. The Morgan fingerprint density at radius 3 is 1.52 bits per heavy atom. The first-order valence-corrected chi connectivity index (χ1v) is 22.0. The third kappa shape index (κ3) is 5.01. The van der Waals surface area contributed by atoms with Crippen LogP contribution in [0, 0.1) is 0 Å². The van der Waals surface area contributed by atoms with Gasteiger partial charge in [-0.3, -0.25) is 4.57 Å². The Kier molecular flexibility index (Phi) is 6.04. The average molecular weight is 841 g/mol. The van der Waals surface area contributed by atoms with Crippen LogP contribution in [0.1, 0.15) is 11.0 Å². The lowest BCUT2D eigenvalue weighted by atomic mass is 9.94. The minimum Gasteiger partial charge on any atom is -0.309 e. The molecule has 0 unspecified atom stereocenters. The predicted molar refractivity (Wildman–Crippen MR) is 271 cm³/mol. The van der Waals surface area contributed by atoms with Crippen LogP contribution < -0.4 is 0 Å². The van der Waals surface area contributed by atoms with E-state index in [1.54, 1.807) is 15.9 Å². The van der Waals surface area contributed by atoms with Gasteiger partial charge in [0.2, 0.25) is 0 Å². The monoisotopic (exact) mass is 840 g/mol. The van der Waals surface area contributed by atoms with Gasteiger partial charge >= 0.3 is 0 Å². The van der Waals surface area contributed by atoms with Gasteiger partial charge in [-0.15, -0.1) is 11.3 Å². The maximum Gasteiger partial charge on any atom is 0.140 e. The summed E-state index contributed by atoms with van der Waals surface area (Å²) in [5.74, 6) is 0.486. The first-order chi connectivity index (χ1) is 35.1. The molecule has 5 heterocycles. The second kappa shape index (κ2) is 13.6. The minimum absolute atomic E-state index is 0.00239. The van der Waals surface area contributed by atoms with Gasteiger partial charge in [-0.2, -0.15) is 0 Å². The molecule has 4 nitrogen and oxygen atoms in total. The van der Waals surface area contributed by atoms with Crippen LogP contribution in [0.15, 0.2) is 218 Å². The van der Waals surface area contributed by atoms with Gasteiger partial charge in [-0.05, 0) is 60.1 Å². The van der Waals surface area contributed by atoms with Crippen LogP contribution in [0.4, 0.5) is 0 Å². The second-order valence-corrected chi connectivity index (χ2v) is 17.1. The number of hydrogen-bond acceptors (Lipinski definition) is 2. The normalized spacial score (nSPS) is 13.8. The molecule has 0 atom stereocenters. The molecule has 14 aromatic rings. The molecule has 0 saturated carbocycles. The first-order valence-electron chi connectivity index (χ1n) is 25.1. The van der Waals surface area contributed by atoms with Crippen molar-refractivity contribution in [1.29, 1.82) is 0 Å². The molecule has 9 aromatic carbocycles. The number of hydrogen-bond donors (Lipinski definition) is 0. The Bertz CT molecular complexity index is 4510. The third-order valence-electron chi connectivity index (χ3n) is 12.7. The van der Waals surface area contributed by atoms with Crippen molar-refractivity contribution in [3.63, 3.8) is 0 Å². The van der Waals surface area contributed by atoms with E-state index in [1.165, 1.54) is 0 Å². The van der Waals surface area contributed by atoms with E-state index in [0.29, 0.717) is 17.2 Å². The maximum absolute atomic E-state index is 9.52. The van der Waals surface area contributed by atoms with Gasteiger partial charge in [0, 0.05) is 69.7 Å². The number of para-hydroxylation sites is 6. The number of pyridine rings is 1. The van der Waals surface area contributed by atoms with Crippen LogP contribution in [0.25, 0.3) is 125 Å². The summed E-state index contributed by atoms with van der Waals surface area (Å²) in [5, 5.41) is 6.46. The van der Waals surface area contributed by atoms with Gasteiger partial charge in [-0.25, -0.2) is 4.98 Å². The van der Waals surface area contributed by atoms with Gasteiger partial charge in [0.05, 0.1) is 61.1 Å². The molecule has 0 amide bonds. The molecular weight excluding hydrogens is 797 g/mol. The number of fused-ring (bicyclic) bond motifs is 12. The molecule has 0 saturated heterocycles. The van der Waals surface area contributed by atoms with E-state index in [2.05, 4.69) is 130 Å². The van der Waals surface area contributed by atoms with Crippen LogP contribution in [-0.4, -0.2) is 18.7 Å². The number of aromatic nitrogens is 4. The molecule has 0 aliphatic heterocycles. The number of thiophene rings is 1. The Hall–Kier alpha value is -8.25. The molecule has 0 aliphatic rings. The van der Waals surface area contributed by atoms with Crippen LogP contribution in [0.3, 0.4) is 0 Å². The van der Waals surface area contributed by atoms with Crippen molar-refractivity contribution >= 4 is 96.9 Å². The van der Waals surface area contributed by atoms with Gasteiger partial charge in [0.15, 0.2) is 0 Å². The van der Waals surface area contributed by atoms with Crippen LogP contribution in [0.2, 0.25) is 0 Å². The van der Waals surface area contributed by atoms with Crippen LogP contribution >= 0.6 is 11.3 Å². The summed E-state index contributed by atoms with van der Waals surface area (Å²) in [5.41, 5.74) is 8.22. The summed E-state index contributed by atoms with van der Waals surface area (Å²) in [6, 6.07) is 54.4. The van der Waals surface area contributed by atoms with Crippen LogP contribution in [-0.2, 0) is 0 Å². The fourth-order valence-corrected chi connectivity index (χ4v) is 11.3. The molecule has 5 aromatic heterocycles. The summed E-state index contributed by atoms with van der Waals surface area (Å²) in [6.07, 6.45) is 0. The smallest absolute Gasteiger partial charge is 0.140 e. The number of nitrogens with zero attached hydrogens (tertiary/aromatic N) is 4. The standard InChI is InChI=1S/C59H36N4S/c1-8-27-49-38(17-1)39-18-2-9-28-50(39)61(49)37-35-48(60-57(36-37)63-53-31-12-5-21-42(53)43-22-6-13-32-54(43)63)58-45(47-26-15-25-46-44-23-7-14-34-56(44)64-59(46)47)24-16-33-55(58)62-51-29-10-3-19-40(51)41-20-4-11-30-52(41)62/h1-36H/i1D,2D,8D,9D,17D,18D,27D,28D. The summed E-state index contributed by atoms with van der Waals surface area (Å²) in [7, 11) is 0. The van der Waals surface area contributed by atoms with Crippen molar-refractivity contribution in [3.8, 4) is 39.6 Å². The average Bonchev–Trinajstić information content (AvgIpc) is 4.17. The topological polar surface area (TPSA) is 27.7 Å². The van der Waals surface area contributed by atoms with Crippen molar-refractivity contribution < 1.29 is 11.0 Å². The van der Waals surface area contributed by atoms with E-state index in [4.69, 9.17) is 10.5 Å². The highest BCUT2D eigenvalue weighted by molar-refractivity contribution is 7.26. The second-order valence-electron chi connectivity index (χ2n) is 16.1. The van der Waals surface area contributed by atoms with Crippen molar-refractivity contribution in [3.05, 3.63) is 218 Å². The zero-order valence-electron chi connectivity index (χ0n) is 41.9. The third-order valence-corrected chi connectivity index (χ3v) is 13.9. The van der Waals surface area contributed by atoms with Gasteiger partial charge in [0.25, 0.3) is 0 Å². The highest BCUT2D eigenvalue weighted by atomic mass is 32.1. The van der Waals surface area contributed by atoms with E-state index in [0.717, 1.165) is 86.2 Å². The van der Waals surface area contributed by atoms with Crippen molar-refractivity contribution in [2.45, 2.75) is 0 Å². The molecule has 14 rings (SSSR count). The highest BCUT2D eigenvalue weighted by Gasteiger charge is 2.24. The molecule has 298 valence electrons. The molecule has 0 bridgehead atoms. The Balaban J connectivity index is 1.21. The lowest BCUT2D eigenvalue weighted by Gasteiger charge is -2.20. The zero-order valence-corrected chi connectivity index (χ0v) is 34.7. The molecule has 5 heteroatoms. The highest BCUT2D eigenvalue weighted by Crippen LogP contribution is 2.47. The lowest BCUT2D eigenvalue weighted by molar-refractivity contribution is 1.06. The van der Waals surface area contributed by atoms with E-state index in [-0.39, 0.29) is 33.9 Å². The van der Waals surface area contributed by atoms with Crippen molar-refractivity contribution in [1.82, 2.24) is 18.7 Å². The summed E-state index contributed by atoms with van der Waals surface area (Å²) < 4.78 is 81.4. The Labute approximate surface area is 383 Å². The summed E-state index contributed by atoms with van der Waals surface area (Å²) in [6.45, 7) is 0. The molecular formula is C59H36N4S. The lowest BCUT2D eigenvalue weighted by Crippen LogP contribution is -2.05. The summed E-state index contributed by atoms with van der Waals surface area (Å²) in [4.78, 5) is 5.74. The van der Waals surface area contributed by atoms with E-state index in [9.17, 15) is 5.48 Å². The number of benzene rings is 9. The van der Waals surface area contributed by atoms with E-state index in [1.807, 2.05) is 48.5 Å². The minimum atomic E-state index is -0.500. The maximum atomic E-state index is 9.52. The Morgan fingerprint density at radius 2 is 0.891 bits per heavy atom. The molecule has 0 fully saturated rings. The van der Waals surface area contributed by atoms with Crippen molar-refractivity contribution in [2.75, 3.05) is 0 Å². The van der Waals surface area contributed by atoms with Crippen LogP contribution in [0.5, 0.6) is 0 Å². The molecule has 64 heavy (non-hydrogen) atoms. The number of rotatable bonds is 5. The fraction of sp³-hybridized carbons (Fsp3) is 0. The molecule has 0 N–H and O–H groups in total. The predicted octanol–water partition coefficient (Wildman–Crippen LogP) is 16.1. The molecule has 0 aliphatic carbocycles. The fourth-order valence-electron chi connectivity index (χ4n) is 10.1. The molecule has 0 radical (unpaired) electrons. The Morgan fingerprint density at radius 1 is 0.391 bits per heavy atom. The largest absolute Gasteiger partial charge is 0.309 e.